The van der Waals surface area contributed by atoms with Crippen LogP contribution in [0.4, 0.5) is 0 Å². The van der Waals surface area contributed by atoms with Crippen molar-refractivity contribution < 1.29 is 4.79 Å². The summed E-state index contributed by atoms with van der Waals surface area (Å²) in [4.78, 5) is 12.4. The van der Waals surface area contributed by atoms with Gasteiger partial charge >= 0.3 is 0 Å². The topological polar surface area (TPSA) is 64.7 Å². The van der Waals surface area contributed by atoms with Crippen molar-refractivity contribution in [1.82, 2.24) is 24.6 Å². The van der Waals surface area contributed by atoms with Crippen LogP contribution in [0.1, 0.15) is 17.1 Å². The number of aromatic nitrogens is 4. The van der Waals surface area contributed by atoms with Crippen LogP contribution in [-0.4, -0.2) is 31.0 Å². The maximum absolute atomic E-state index is 12.4. The highest BCUT2D eigenvalue weighted by molar-refractivity contribution is 7.99. The molecule has 0 bridgehead atoms. The van der Waals surface area contributed by atoms with Crippen LogP contribution in [0.2, 0.25) is 5.02 Å². The summed E-state index contributed by atoms with van der Waals surface area (Å²) in [5.74, 6) is 1.00. The van der Waals surface area contributed by atoms with Crippen molar-refractivity contribution >= 4 is 29.3 Å². The number of hydrogen-bond donors (Lipinski definition) is 1. The van der Waals surface area contributed by atoms with E-state index in [9.17, 15) is 4.79 Å². The summed E-state index contributed by atoms with van der Waals surface area (Å²) in [7, 11) is 2.01. The molecule has 0 aliphatic heterocycles. The predicted molar refractivity (Wildman–Crippen MR) is 124 cm³/mol. The molecule has 1 N–H and O–H groups in total. The maximum Gasteiger partial charge on any atom is 0.230 e. The summed E-state index contributed by atoms with van der Waals surface area (Å²) in [6.07, 6.45) is 2.63. The van der Waals surface area contributed by atoms with Gasteiger partial charge in [-0.2, -0.15) is 0 Å². The lowest BCUT2D eigenvalue weighted by Gasteiger charge is -2.11. The van der Waals surface area contributed by atoms with Crippen LogP contribution in [0.5, 0.6) is 0 Å². The molecule has 0 radical (unpaired) electrons. The van der Waals surface area contributed by atoms with Gasteiger partial charge in [0.05, 0.1) is 5.75 Å². The first-order valence-corrected chi connectivity index (χ1v) is 11.2. The van der Waals surface area contributed by atoms with Crippen molar-refractivity contribution in [2.24, 2.45) is 7.05 Å². The fourth-order valence-electron chi connectivity index (χ4n) is 3.18. The van der Waals surface area contributed by atoms with E-state index >= 15 is 0 Å². The van der Waals surface area contributed by atoms with E-state index < -0.39 is 0 Å². The molecule has 0 unspecified atom stereocenters. The first kappa shape index (κ1) is 21.2. The van der Waals surface area contributed by atoms with Crippen LogP contribution in [0.25, 0.3) is 5.69 Å². The van der Waals surface area contributed by atoms with E-state index in [2.05, 4.69) is 26.1 Å². The molecule has 0 atom stereocenters. The number of nitrogens with zero attached hydrogens (tertiary/aromatic N) is 4. The summed E-state index contributed by atoms with van der Waals surface area (Å²) >= 11 is 7.44. The largest absolute Gasteiger partial charge is 0.354 e. The molecule has 0 spiro atoms. The Labute approximate surface area is 190 Å². The van der Waals surface area contributed by atoms with E-state index in [1.165, 1.54) is 11.8 Å². The molecule has 0 saturated heterocycles. The van der Waals surface area contributed by atoms with Crippen molar-refractivity contribution in [2.45, 2.75) is 18.1 Å². The van der Waals surface area contributed by atoms with Gasteiger partial charge in [0.15, 0.2) is 5.16 Å². The minimum atomic E-state index is -0.0523. The van der Waals surface area contributed by atoms with E-state index in [-0.39, 0.29) is 11.7 Å². The maximum atomic E-state index is 12.4. The van der Waals surface area contributed by atoms with E-state index in [1.54, 1.807) is 0 Å². The summed E-state index contributed by atoms with van der Waals surface area (Å²) in [6, 6.07) is 21.4. The van der Waals surface area contributed by atoms with E-state index in [1.807, 2.05) is 78.5 Å². The zero-order chi connectivity index (χ0) is 21.6. The number of nitrogens with one attached hydrogen (secondary N) is 1. The lowest BCUT2D eigenvalue weighted by Crippen LogP contribution is -2.24. The average Bonchev–Trinajstić information content (AvgIpc) is 3.38. The SMILES string of the molecule is Cn1cccc1Cc1nnc(SCC(=O)NCc2ccccc2)n1-c1ccc(Cl)cc1. The molecule has 6 nitrogen and oxygen atoms in total. The molecular weight excluding hydrogens is 430 g/mol. The van der Waals surface area contributed by atoms with Crippen molar-refractivity contribution in [3.8, 4) is 5.69 Å². The fraction of sp³-hybridized carbons (Fsp3) is 0.174. The standard InChI is InChI=1S/C23H22ClN5OS/c1-28-13-5-8-20(28)14-21-26-27-23(29(21)19-11-9-18(24)10-12-19)31-16-22(30)25-15-17-6-3-2-4-7-17/h2-13H,14-16H2,1H3,(H,25,30). The molecule has 4 aromatic rings. The molecule has 158 valence electrons. The normalized spacial score (nSPS) is 10.9. The minimum Gasteiger partial charge on any atom is -0.354 e. The van der Waals surface area contributed by atoms with Crippen molar-refractivity contribution in [1.29, 1.82) is 0 Å². The number of rotatable bonds is 8. The number of aryl methyl sites for hydroxylation is 1. The van der Waals surface area contributed by atoms with E-state index in [4.69, 9.17) is 11.6 Å². The van der Waals surface area contributed by atoms with E-state index in [0.29, 0.717) is 23.1 Å². The smallest absolute Gasteiger partial charge is 0.230 e. The third kappa shape index (κ3) is 5.37. The predicted octanol–water partition coefficient (Wildman–Crippen LogP) is 4.26. The van der Waals surface area contributed by atoms with Crippen molar-refractivity contribution in [3.63, 3.8) is 0 Å². The van der Waals surface area contributed by atoms with Crippen molar-refractivity contribution in [2.75, 3.05) is 5.75 Å². The Balaban J connectivity index is 1.50. The average molecular weight is 452 g/mol. The number of hydrogen-bond acceptors (Lipinski definition) is 4. The van der Waals surface area contributed by atoms with Crippen LogP contribution in [0, 0.1) is 0 Å². The third-order valence-electron chi connectivity index (χ3n) is 4.84. The number of carbonyl (C=O) groups excluding carboxylic acids is 1. The van der Waals surface area contributed by atoms with Crippen LogP contribution >= 0.6 is 23.4 Å². The Hall–Kier alpha value is -3.03. The van der Waals surface area contributed by atoms with Gasteiger partial charge in [0.1, 0.15) is 5.82 Å². The molecule has 1 amide bonds. The zero-order valence-corrected chi connectivity index (χ0v) is 18.6. The Morgan fingerprint density at radius 2 is 1.81 bits per heavy atom. The van der Waals surface area contributed by atoms with Gasteiger partial charge in [0, 0.05) is 42.6 Å². The lowest BCUT2D eigenvalue weighted by molar-refractivity contribution is -0.118. The van der Waals surface area contributed by atoms with Gasteiger partial charge < -0.3 is 9.88 Å². The molecule has 0 aliphatic carbocycles. The molecule has 4 rings (SSSR count). The molecule has 2 aromatic carbocycles. The van der Waals surface area contributed by atoms with Gasteiger partial charge in [0.2, 0.25) is 5.91 Å². The number of amides is 1. The second-order valence-corrected chi connectivity index (χ2v) is 8.43. The fourth-order valence-corrected chi connectivity index (χ4v) is 4.10. The molecule has 0 fully saturated rings. The van der Waals surface area contributed by atoms with Gasteiger partial charge in [-0.1, -0.05) is 53.7 Å². The first-order chi connectivity index (χ1) is 15.1. The molecule has 0 saturated carbocycles. The second-order valence-electron chi connectivity index (χ2n) is 7.05. The number of thioether (sulfide) groups is 1. The Morgan fingerprint density at radius 3 is 2.52 bits per heavy atom. The van der Waals surface area contributed by atoms with Crippen LogP contribution in [-0.2, 0) is 24.8 Å². The Bertz CT molecular complexity index is 1150. The number of halogens is 1. The number of carbonyl (C=O) groups is 1. The summed E-state index contributed by atoms with van der Waals surface area (Å²) in [6.45, 7) is 0.503. The minimum absolute atomic E-state index is 0.0523. The molecule has 8 heteroatoms. The number of benzene rings is 2. The third-order valence-corrected chi connectivity index (χ3v) is 6.02. The molecule has 31 heavy (non-hydrogen) atoms. The van der Waals surface area contributed by atoms with Gasteiger partial charge in [-0.25, -0.2) is 0 Å². The molecule has 2 aromatic heterocycles. The van der Waals surface area contributed by atoms with Crippen LogP contribution < -0.4 is 5.32 Å². The molecular formula is C23H22ClN5OS. The molecule has 2 heterocycles. The van der Waals surface area contributed by atoms with Crippen molar-refractivity contribution in [3.05, 3.63) is 95.0 Å². The second kappa shape index (κ2) is 9.85. The Kier molecular flexibility index (Phi) is 6.74. The first-order valence-electron chi connectivity index (χ1n) is 9.84. The summed E-state index contributed by atoms with van der Waals surface area (Å²) in [5, 5.41) is 13.1. The van der Waals surface area contributed by atoms with Gasteiger partial charge in [-0.05, 0) is 42.0 Å². The van der Waals surface area contributed by atoms with Crippen LogP contribution in [0.3, 0.4) is 0 Å². The quantitative estimate of drug-likeness (QED) is 0.406. The summed E-state index contributed by atoms with van der Waals surface area (Å²) in [5.41, 5.74) is 3.10. The van der Waals surface area contributed by atoms with Crippen LogP contribution in [0.15, 0.2) is 78.1 Å². The highest BCUT2D eigenvalue weighted by atomic mass is 35.5. The zero-order valence-electron chi connectivity index (χ0n) is 17.0. The Morgan fingerprint density at radius 1 is 1.03 bits per heavy atom. The lowest BCUT2D eigenvalue weighted by atomic mass is 10.2. The van der Waals surface area contributed by atoms with Gasteiger partial charge in [0.25, 0.3) is 0 Å². The highest BCUT2D eigenvalue weighted by Crippen LogP contribution is 2.24. The van der Waals surface area contributed by atoms with Gasteiger partial charge in [-0.15, -0.1) is 10.2 Å². The molecule has 0 aliphatic rings. The van der Waals surface area contributed by atoms with E-state index in [0.717, 1.165) is 22.8 Å². The summed E-state index contributed by atoms with van der Waals surface area (Å²) < 4.78 is 4.04. The monoisotopic (exact) mass is 451 g/mol. The highest BCUT2D eigenvalue weighted by Gasteiger charge is 2.17. The van der Waals surface area contributed by atoms with Gasteiger partial charge in [-0.3, -0.25) is 9.36 Å².